The maximum atomic E-state index is 5.49. The molecule has 2 nitrogen and oxygen atoms in total. The van der Waals surface area contributed by atoms with E-state index >= 15 is 0 Å². The molecule has 0 amide bonds. The number of benzene rings is 1. The highest BCUT2D eigenvalue weighted by atomic mass is 79.9. The minimum absolute atomic E-state index is 0.281. The molecule has 0 saturated carbocycles. The van der Waals surface area contributed by atoms with Crippen LogP contribution in [-0.2, 0) is 6.42 Å². The summed E-state index contributed by atoms with van der Waals surface area (Å²) in [5.74, 6) is 1.00. The molecule has 0 aromatic heterocycles. The molecule has 0 spiro atoms. The van der Waals surface area contributed by atoms with Crippen LogP contribution >= 0.6 is 15.9 Å². The van der Waals surface area contributed by atoms with Crippen LogP contribution in [0.4, 0.5) is 0 Å². The first-order chi connectivity index (χ1) is 8.69. The molecule has 18 heavy (non-hydrogen) atoms. The van der Waals surface area contributed by atoms with Gasteiger partial charge in [-0.1, -0.05) is 29.3 Å². The Morgan fingerprint density at radius 1 is 1.44 bits per heavy atom. The molecule has 1 N–H and O–H groups in total. The molecule has 1 aromatic rings. The molecular formula is C15H22BrNO. The fourth-order valence-electron chi connectivity index (χ4n) is 3.05. The van der Waals surface area contributed by atoms with Crippen LogP contribution in [0.15, 0.2) is 22.7 Å². The molecule has 1 atom stereocenters. The zero-order valence-corrected chi connectivity index (χ0v) is 12.8. The van der Waals surface area contributed by atoms with Crippen LogP contribution < -0.4 is 10.1 Å². The van der Waals surface area contributed by atoms with Crippen LogP contribution in [0, 0.1) is 0 Å². The molecule has 1 aliphatic rings. The second-order valence-electron chi connectivity index (χ2n) is 5.19. The van der Waals surface area contributed by atoms with Crippen molar-refractivity contribution >= 4 is 15.9 Å². The van der Waals surface area contributed by atoms with E-state index in [4.69, 9.17) is 4.74 Å². The SMILES string of the molecule is CCCC1(Cc2cc(Br)ccc2OC)CCCN1. The molecule has 0 aliphatic carbocycles. The van der Waals surface area contributed by atoms with Crippen LogP contribution in [0.25, 0.3) is 0 Å². The summed E-state index contributed by atoms with van der Waals surface area (Å²) >= 11 is 3.56. The lowest BCUT2D eigenvalue weighted by atomic mass is 9.85. The van der Waals surface area contributed by atoms with Crippen molar-refractivity contribution < 1.29 is 4.74 Å². The van der Waals surface area contributed by atoms with Crippen molar-refractivity contribution in [3.05, 3.63) is 28.2 Å². The average molecular weight is 312 g/mol. The van der Waals surface area contributed by atoms with Crippen molar-refractivity contribution in [2.75, 3.05) is 13.7 Å². The molecule has 100 valence electrons. The van der Waals surface area contributed by atoms with E-state index in [0.29, 0.717) is 0 Å². The van der Waals surface area contributed by atoms with Gasteiger partial charge in [-0.15, -0.1) is 0 Å². The van der Waals surface area contributed by atoms with Gasteiger partial charge in [-0.3, -0.25) is 0 Å². The van der Waals surface area contributed by atoms with Gasteiger partial charge in [0.25, 0.3) is 0 Å². The third-order valence-electron chi connectivity index (χ3n) is 3.83. The largest absolute Gasteiger partial charge is 0.496 e. The summed E-state index contributed by atoms with van der Waals surface area (Å²) in [4.78, 5) is 0. The van der Waals surface area contributed by atoms with Crippen LogP contribution in [0.3, 0.4) is 0 Å². The van der Waals surface area contributed by atoms with Crippen molar-refractivity contribution in [3.8, 4) is 5.75 Å². The van der Waals surface area contributed by atoms with Crippen molar-refractivity contribution in [1.29, 1.82) is 0 Å². The van der Waals surface area contributed by atoms with E-state index in [9.17, 15) is 0 Å². The molecule has 1 heterocycles. The molecule has 1 aromatic carbocycles. The van der Waals surface area contributed by atoms with Gasteiger partial charge >= 0.3 is 0 Å². The highest BCUT2D eigenvalue weighted by Gasteiger charge is 2.33. The highest BCUT2D eigenvalue weighted by Crippen LogP contribution is 2.33. The molecule has 1 fully saturated rings. The summed E-state index contributed by atoms with van der Waals surface area (Å²) in [6, 6.07) is 6.28. The number of halogens is 1. The Morgan fingerprint density at radius 2 is 2.28 bits per heavy atom. The Balaban J connectivity index is 2.23. The first-order valence-corrected chi connectivity index (χ1v) is 7.56. The normalized spacial score (nSPS) is 23.3. The van der Waals surface area contributed by atoms with Gasteiger partial charge in [-0.05, 0) is 56.0 Å². The standard InChI is InChI=1S/C15H22BrNO/c1-3-7-15(8-4-9-17-15)11-12-10-13(16)5-6-14(12)18-2/h5-6,10,17H,3-4,7-9,11H2,1-2H3. The van der Waals surface area contributed by atoms with E-state index in [1.54, 1.807) is 7.11 Å². The summed E-state index contributed by atoms with van der Waals surface area (Å²) in [6.45, 7) is 3.41. The van der Waals surface area contributed by atoms with Gasteiger partial charge < -0.3 is 10.1 Å². The molecule has 0 radical (unpaired) electrons. The fraction of sp³-hybridized carbons (Fsp3) is 0.600. The van der Waals surface area contributed by atoms with E-state index < -0.39 is 0 Å². The number of hydrogen-bond donors (Lipinski definition) is 1. The minimum Gasteiger partial charge on any atom is -0.496 e. The van der Waals surface area contributed by atoms with E-state index in [2.05, 4.69) is 34.2 Å². The quantitative estimate of drug-likeness (QED) is 0.890. The fourth-order valence-corrected chi connectivity index (χ4v) is 3.46. The lowest BCUT2D eigenvalue weighted by Gasteiger charge is -2.30. The first kappa shape index (κ1) is 13.9. The maximum absolute atomic E-state index is 5.49. The second kappa shape index (κ2) is 6.07. The minimum atomic E-state index is 0.281. The Morgan fingerprint density at radius 3 is 2.89 bits per heavy atom. The molecule has 1 saturated heterocycles. The predicted molar refractivity (Wildman–Crippen MR) is 79.3 cm³/mol. The molecule has 1 aliphatic heterocycles. The molecule has 0 bridgehead atoms. The van der Waals surface area contributed by atoms with Gasteiger partial charge in [0.2, 0.25) is 0 Å². The molecule has 1 unspecified atom stereocenters. The number of nitrogens with one attached hydrogen (secondary N) is 1. The number of hydrogen-bond acceptors (Lipinski definition) is 2. The number of ether oxygens (including phenoxy) is 1. The Kier molecular flexibility index (Phi) is 4.68. The monoisotopic (exact) mass is 311 g/mol. The zero-order valence-electron chi connectivity index (χ0n) is 11.3. The van der Waals surface area contributed by atoms with Gasteiger partial charge in [0.05, 0.1) is 7.11 Å². The summed E-state index contributed by atoms with van der Waals surface area (Å²) in [5, 5.41) is 3.72. The Bertz CT molecular complexity index is 399. The first-order valence-electron chi connectivity index (χ1n) is 6.76. The van der Waals surface area contributed by atoms with E-state index in [1.165, 1.54) is 31.2 Å². The lowest BCUT2D eigenvalue weighted by molar-refractivity contribution is 0.333. The topological polar surface area (TPSA) is 21.3 Å². The zero-order chi connectivity index (χ0) is 13.0. The van der Waals surface area contributed by atoms with Gasteiger partial charge in [-0.25, -0.2) is 0 Å². The average Bonchev–Trinajstić information content (AvgIpc) is 2.78. The van der Waals surface area contributed by atoms with Crippen LogP contribution in [0.2, 0.25) is 0 Å². The summed E-state index contributed by atoms with van der Waals surface area (Å²) in [5.41, 5.74) is 1.58. The number of methoxy groups -OCH3 is 1. The Labute approximate surface area is 118 Å². The summed E-state index contributed by atoms with van der Waals surface area (Å²) in [7, 11) is 1.75. The van der Waals surface area contributed by atoms with Crippen molar-refractivity contribution in [1.82, 2.24) is 5.32 Å². The van der Waals surface area contributed by atoms with E-state index in [1.807, 2.05) is 12.1 Å². The summed E-state index contributed by atoms with van der Waals surface area (Å²) in [6.07, 6.45) is 6.09. The highest BCUT2D eigenvalue weighted by molar-refractivity contribution is 9.10. The van der Waals surface area contributed by atoms with Crippen molar-refractivity contribution in [3.63, 3.8) is 0 Å². The predicted octanol–water partition coefficient (Wildman–Crippen LogP) is 3.92. The van der Waals surface area contributed by atoms with E-state index in [-0.39, 0.29) is 5.54 Å². The van der Waals surface area contributed by atoms with Crippen LogP contribution in [0.5, 0.6) is 5.75 Å². The third kappa shape index (κ3) is 3.07. The van der Waals surface area contributed by atoms with Gasteiger partial charge in [0, 0.05) is 10.0 Å². The van der Waals surface area contributed by atoms with Crippen molar-refractivity contribution in [2.45, 2.75) is 44.6 Å². The molecular weight excluding hydrogens is 290 g/mol. The summed E-state index contributed by atoms with van der Waals surface area (Å²) < 4.78 is 6.61. The van der Waals surface area contributed by atoms with Gasteiger partial charge in [0.1, 0.15) is 5.75 Å². The lowest BCUT2D eigenvalue weighted by Crippen LogP contribution is -2.41. The van der Waals surface area contributed by atoms with Gasteiger partial charge in [-0.2, -0.15) is 0 Å². The Hall–Kier alpha value is -0.540. The molecule has 2 rings (SSSR count). The van der Waals surface area contributed by atoms with Crippen LogP contribution in [-0.4, -0.2) is 19.2 Å². The van der Waals surface area contributed by atoms with Crippen molar-refractivity contribution in [2.24, 2.45) is 0 Å². The van der Waals surface area contributed by atoms with E-state index in [0.717, 1.165) is 23.2 Å². The third-order valence-corrected chi connectivity index (χ3v) is 4.33. The maximum Gasteiger partial charge on any atom is 0.122 e. The van der Waals surface area contributed by atoms with Crippen LogP contribution in [0.1, 0.15) is 38.2 Å². The second-order valence-corrected chi connectivity index (χ2v) is 6.11. The number of rotatable bonds is 5. The van der Waals surface area contributed by atoms with Gasteiger partial charge in [0.15, 0.2) is 0 Å². The molecule has 3 heteroatoms. The smallest absolute Gasteiger partial charge is 0.122 e.